The van der Waals surface area contributed by atoms with E-state index in [-0.39, 0.29) is 18.0 Å². The zero-order valence-electron chi connectivity index (χ0n) is 11.6. The van der Waals surface area contributed by atoms with Gasteiger partial charge in [-0.05, 0) is 36.6 Å². The van der Waals surface area contributed by atoms with Gasteiger partial charge < -0.3 is 15.6 Å². The van der Waals surface area contributed by atoms with E-state index in [1.54, 1.807) is 18.3 Å². The molecule has 1 amide bonds. The summed E-state index contributed by atoms with van der Waals surface area (Å²) in [6.45, 7) is 1.17. The topological polar surface area (TPSA) is 74.0 Å². The van der Waals surface area contributed by atoms with Crippen LogP contribution in [0.2, 0.25) is 0 Å². The fraction of sp³-hybridized carbons (Fsp3) is 0.250. The molecule has 0 saturated carbocycles. The number of pyridine rings is 1. The third kappa shape index (κ3) is 2.81. The van der Waals surface area contributed by atoms with Crippen molar-refractivity contribution in [3.63, 3.8) is 0 Å². The summed E-state index contributed by atoms with van der Waals surface area (Å²) < 4.78 is 0. The standard InChI is InChI=1S/C16H17N3O2/c20-15-11(4-2-9-18-15)10-19-16(21)13-5-1-7-14-12(13)6-3-8-17-14/h1-2,4-5,7,9,17H,3,6,8,10H2,(H,18,20)(H,19,21). The fourth-order valence-corrected chi connectivity index (χ4v) is 2.59. The summed E-state index contributed by atoms with van der Waals surface area (Å²) in [6.07, 6.45) is 3.50. The van der Waals surface area contributed by atoms with Crippen molar-refractivity contribution in [1.29, 1.82) is 0 Å². The monoisotopic (exact) mass is 283 g/mol. The molecule has 0 unspecified atom stereocenters. The van der Waals surface area contributed by atoms with Crippen LogP contribution in [0.5, 0.6) is 0 Å². The molecule has 1 aromatic carbocycles. The summed E-state index contributed by atoms with van der Waals surface area (Å²) in [5.74, 6) is -0.140. The Kier molecular flexibility index (Phi) is 3.73. The molecule has 0 atom stereocenters. The minimum Gasteiger partial charge on any atom is -0.385 e. The predicted molar refractivity (Wildman–Crippen MR) is 81.5 cm³/mol. The number of hydrogen-bond acceptors (Lipinski definition) is 3. The number of carbonyl (C=O) groups excluding carboxylic acids is 1. The first-order valence-electron chi connectivity index (χ1n) is 7.06. The maximum absolute atomic E-state index is 12.4. The van der Waals surface area contributed by atoms with Crippen LogP contribution in [0.25, 0.3) is 0 Å². The van der Waals surface area contributed by atoms with Gasteiger partial charge in [0.05, 0.1) is 0 Å². The third-order valence-electron chi connectivity index (χ3n) is 3.68. The first-order chi connectivity index (χ1) is 10.3. The molecule has 108 valence electrons. The normalized spacial score (nSPS) is 13.1. The number of anilines is 1. The van der Waals surface area contributed by atoms with Gasteiger partial charge in [0.25, 0.3) is 11.5 Å². The lowest BCUT2D eigenvalue weighted by Crippen LogP contribution is -2.28. The highest BCUT2D eigenvalue weighted by Crippen LogP contribution is 2.25. The summed E-state index contributed by atoms with van der Waals surface area (Å²) in [5.41, 5.74) is 3.16. The van der Waals surface area contributed by atoms with Crippen molar-refractivity contribution in [3.8, 4) is 0 Å². The summed E-state index contributed by atoms with van der Waals surface area (Å²) in [5, 5.41) is 6.13. The van der Waals surface area contributed by atoms with Gasteiger partial charge in [-0.3, -0.25) is 9.59 Å². The van der Waals surface area contributed by atoms with Crippen LogP contribution in [0.15, 0.2) is 41.3 Å². The molecule has 3 N–H and O–H groups in total. The van der Waals surface area contributed by atoms with Crippen molar-refractivity contribution in [1.82, 2.24) is 10.3 Å². The predicted octanol–water partition coefficient (Wildman–Crippen LogP) is 1.66. The van der Waals surface area contributed by atoms with Gasteiger partial charge in [-0.15, -0.1) is 0 Å². The minimum absolute atomic E-state index is 0.140. The second-order valence-corrected chi connectivity index (χ2v) is 5.07. The molecule has 1 aliphatic heterocycles. The second-order valence-electron chi connectivity index (χ2n) is 5.07. The van der Waals surface area contributed by atoms with Gasteiger partial charge in [0.2, 0.25) is 0 Å². The lowest BCUT2D eigenvalue weighted by atomic mass is 9.97. The van der Waals surface area contributed by atoms with Crippen molar-refractivity contribution in [3.05, 3.63) is 63.6 Å². The molecule has 0 aliphatic carbocycles. The number of carbonyl (C=O) groups is 1. The number of amides is 1. The highest BCUT2D eigenvalue weighted by Gasteiger charge is 2.17. The van der Waals surface area contributed by atoms with Gasteiger partial charge >= 0.3 is 0 Å². The Balaban J connectivity index is 1.77. The van der Waals surface area contributed by atoms with E-state index in [1.165, 1.54) is 0 Å². The number of rotatable bonds is 3. The van der Waals surface area contributed by atoms with Crippen LogP contribution >= 0.6 is 0 Å². The van der Waals surface area contributed by atoms with E-state index in [0.717, 1.165) is 30.6 Å². The lowest BCUT2D eigenvalue weighted by molar-refractivity contribution is 0.0950. The highest BCUT2D eigenvalue weighted by atomic mass is 16.1. The van der Waals surface area contributed by atoms with Crippen LogP contribution in [0.1, 0.15) is 27.9 Å². The Bertz CT molecular complexity index is 721. The number of H-pyrrole nitrogens is 1. The zero-order chi connectivity index (χ0) is 14.7. The van der Waals surface area contributed by atoms with Gasteiger partial charge in [-0.2, -0.15) is 0 Å². The molecule has 2 heterocycles. The zero-order valence-corrected chi connectivity index (χ0v) is 11.6. The molecule has 5 nitrogen and oxygen atoms in total. The molecule has 0 bridgehead atoms. The molecule has 5 heteroatoms. The Morgan fingerprint density at radius 3 is 3.00 bits per heavy atom. The van der Waals surface area contributed by atoms with Crippen molar-refractivity contribution < 1.29 is 4.79 Å². The van der Waals surface area contributed by atoms with Crippen molar-refractivity contribution >= 4 is 11.6 Å². The molecule has 0 fully saturated rings. The van der Waals surface area contributed by atoms with E-state index in [9.17, 15) is 9.59 Å². The molecular formula is C16H17N3O2. The molecule has 21 heavy (non-hydrogen) atoms. The molecule has 0 radical (unpaired) electrons. The van der Waals surface area contributed by atoms with Crippen molar-refractivity contribution in [2.45, 2.75) is 19.4 Å². The van der Waals surface area contributed by atoms with Gasteiger partial charge in [0.15, 0.2) is 0 Å². The largest absolute Gasteiger partial charge is 0.385 e. The molecular weight excluding hydrogens is 266 g/mol. The van der Waals surface area contributed by atoms with Crippen LogP contribution in [0.3, 0.4) is 0 Å². The van der Waals surface area contributed by atoms with E-state index in [4.69, 9.17) is 0 Å². The van der Waals surface area contributed by atoms with Crippen LogP contribution in [0.4, 0.5) is 5.69 Å². The quantitative estimate of drug-likeness (QED) is 0.802. The van der Waals surface area contributed by atoms with Crippen molar-refractivity contribution in [2.75, 3.05) is 11.9 Å². The van der Waals surface area contributed by atoms with E-state index in [0.29, 0.717) is 11.1 Å². The average molecular weight is 283 g/mol. The van der Waals surface area contributed by atoms with Crippen LogP contribution < -0.4 is 16.2 Å². The number of aromatic nitrogens is 1. The smallest absolute Gasteiger partial charge is 0.252 e. The number of hydrogen-bond donors (Lipinski definition) is 3. The SMILES string of the molecule is O=C(NCc1ccc[nH]c1=O)c1cccc2c1CCCN2. The fourth-order valence-electron chi connectivity index (χ4n) is 2.59. The molecule has 1 aromatic heterocycles. The van der Waals surface area contributed by atoms with Crippen LogP contribution in [-0.2, 0) is 13.0 Å². The Hall–Kier alpha value is -2.56. The number of aromatic amines is 1. The number of benzene rings is 1. The van der Waals surface area contributed by atoms with E-state index in [1.807, 2.05) is 18.2 Å². The molecule has 1 aliphatic rings. The molecule has 2 aromatic rings. The lowest BCUT2D eigenvalue weighted by Gasteiger charge is -2.20. The first kappa shape index (κ1) is 13.4. The van der Waals surface area contributed by atoms with Crippen LogP contribution in [0, 0.1) is 0 Å². The molecule has 3 rings (SSSR count). The number of fused-ring (bicyclic) bond motifs is 1. The van der Waals surface area contributed by atoms with E-state index < -0.39 is 0 Å². The maximum atomic E-state index is 12.4. The first-order valence-corrected chi connectivity index (χ1v) is 7.06. The summed E-state index contributed by atoms with van der Waals surface area (Å²) in [6, 6.07) is 9.16. The summed E-state index contributed by atoms with van der Waals surface area (Å²) in [4.78, 5) is 26.5. The number of nitrogens with one attached hydrogen (secondary N) is 3. The third-order valence-corrected chi connectivity index (χ3v) is 3.68. The Morgan fingerprint density at radius 1 is 1.24 bits per heavy atom. The van der Waals surface area contributed by atoms with Gasteiger partial charge in [0.1, 0.15) is 0 Å². The minimum atomic E-state index is -0.172. The van der Waals surface area contributed by atoms with E-state index in [2.05, 4.69) is 15.6 Å². The van der Waals surface area contributed by atoms with Gasteiger partial charge in [-0.1, -0.05) is 12.1 Å². The van der Waals surface area contributed by atoms with Crippen LogP contribution in [-0.4, -0.2) is 17.4 Å². The van der Waals surface area contributed by atoms with Crippen molar-refractivity contribution in [2.24, 2.45) is 0 Å². The maximum Gasteiger partial charge on any atom is 0.252 e. The Labute approximate surface area is 122 Å². The highest BCUT2D eigenvalue weighted by molar-refractivity contribution is 5.97. The summed E-state index contributed by atoms with van der Waals surface area (Å²) >= 11 is 0. The van der Waals surface area contributed by atoms with E-state index >= 15 is 0 Å². The van der Waals surface area contributed by atoms with Gasteiger partial charge in [0, 0.05) is 36.1 Å². The second kappa shape index (κ2) is 5.83. The Morgan fingerprint density at radius 2 is 2.14 bits per heavy atom. The average Bonchev–Trinajstić information content (AvgIpc) is 2.53. The van der Waals surface area contributed by atoms with Gasteiger partial charge in [-0.25, -0.2) is 0 Å². The molecule has 0 spiro atoms. The summed E-state index contributed by atoms with van der Waals surface area (Å²) in [7, 11) is 0. The molecule has 0 saturated heterocycles.